The zero-order valence-electron chi connectivity index (χ0n) is 29.4. The van der Waals surface area contributed by atoms with Gasteiger partial charge in [-0.05, 0) is 0 Å². The molecular formula is C30H51N3O21. The summed E-state index contributed by atoms with van der Waals surface area (Å²) in [5.41, 5.74) is 0. The molecule has 24 nitrogen and oxygen atoms in total. The van der Waals surface area contributed by atoms with Crippen molar-refractivity contribution >= 4 is 17.7 Å². The van der Waals surface area contributed by atoms with E-state index in [-0.39, 0.29) is 0 Å². The van der Waals surface area contributed by atoms with Crippen molar-refractivity contribution in [2.75, 3.05) is 26.4 Å². The summed E-state index contributed by atoms with van der Waals surface area (Å²) in [4.78, 5) is 36.0. The Morgan fingerprint density at radius 1 is 0.444 bits per heavy atom. The van der Waals surface area contributed by atoms with E-state index in [0.29, 0.717) is 0 Å². The first kappa shape index (κ1) is 44.4. The van der Waals surface area contributed by atoms with Crippen LogP contribution in [0.1, 0.15) is 20.8 Å². The van der Waals surface area contributed by atoms with Gasteiger partial charge in [0.2, 0.25) is 17.7 Å². The lowest BCUT2D eigenvalue weighted by molar-refractivity contribution is -0.371. The van der Waals surface area contributed by atoms with E-state index < -0.39 is 167 Å². The zero-order chi connectivity index (χ0) is 40.2. The quantitative estimate of drug-likeness (QED) is 0.0823. The molecule has 0 aromatic heterocycles. The van der Waals surface area contributed by atoms with E-state index in [1.807, 2.05) is 0 Å². The second kappa shape index (κ2) is 19.2. The lowest BCUT2D eigenvalue weighted by Crippen LogP contribution is -2.70. The maximum atomic E-state index is 12.3. The zero-order valence-corrected chi connectivity index (χ0v) is 29.4. The summed E-state index contributed by atoms with van der Waals surface area (Å²) in [7, 11) is 0. The molecule has 4 aliphatic heterocycles. The van der Waals surface area contributed by atoms with Gasteiger partial charge in [-0.3, -0.25) is 14.4 Å². The number of aliphatic hydroxyl groups excluding tert-OH is 11. The number of carbonyl (C=O) groups excluding carboxylic acids is 3. The van der Waals surface area contributed by atoms with E-state index >= 15 is 0 Å². The number of nitrogens with one attached hydrogen (secondary N) is 3. The number of rotatable bonds is 13. The van der Waals surface area contributed by atoms with Gasteiger partial charge in [-0.1, -0.05) is 0 Å². The van der Waals surface area contributed by atoms with Gasteiger partial charge in [0.1, 0.15) is 97.5 Å². The molecule has 0 aromatic carbocycles. The van der Waals surface area contributed by atoms with Crippen molar-refractivity contribution in [3.05, 3.63) is 0 Å². The third kappa shape index (κ3) is 9.79. The second-order valence-electron chi connectivity index (χ2n) is 13.3. The van der Waals surface area contributed by atoms with Gasteiger partial charge in [-0.15, -0.1) is 0 Å². The van der Waals surface area contributed by atoms with Crippen LogP contribution in [0, 0.1) is 0 Å². The fraction of sp³-hybridized carbons (Fsp3) is 0.900. The van der Waals surface area contributed by atoms with Gasteiger partial charge in [0.25, 0.3) is 0 Å². The van der Waals surface area contributed by atoms with E-state index in [1.54, 1.807) is 0 Å². The molecule has 4 heterocycles. The summed E-state index contributed by atoms with van der Waals surface area (Å²) >= 11 is 0. The number of carbonyl (C=O) groups is 3. The lowest BCUT2D eigenvalue weighted by atomic mass is 9.93. The molecule has 4 fully saturated rings. The van der Waals surface area contributed by atoms with Crippen LogP contribution >= 0.6 is 0 Å². The van der Waals surface area contributed by atoms with Gasteiger partial charge in [0.05, 0.1) is 26.4 Å². The summed E-state index contributed by atoms with van der Waals surface area (Å²) in [6, 6.07) is -4.54. The molecule has 0 unspecified atom stereocenters. The fourth-order valence-corrected chi connectivity index (χ4v) is 6.76. The Bertz CT molecular complexity index is 1250. The highest BCUT2D eigenvalue weighted by Crippen LogP contribution is 2.34. The normalized spacial score (nSPS) is 45.7. The number of hydrogen-bond donors (Lipinski definition) is 14. The molecule has 0 spiro atoms. The first-order chi connectivity index (χ1) is 25.5. The predicted molar refractivity (Wildman–Crippen MR) is 169 cm³/mol. The van der Waals surface area contributed by atoms with Crippen LogP contribution in [-0.4, -0.2) is 223 Å². The molecule has 4 rings (SSSR count). The van der Waals surface area contributed by atoms with E-state index in [0.717, 1.165) is 20.8 Å². The number of hydrogen-bond acceptors (Lipinski definition) is 21. The Kier molecular flexibility index (Phi) is 15.8. The molecule has 312 valence electrons. The van der Waals surface area contributed by atoms with Crippen molar-refractivity contribution in [1.82, 2.24) is 16.0 Å². The van der Waals surface area contributed by atoms with Gasteiger partial charge in [0, 0.05) is 20.8 Å². The molecule has 4 saturated heterocycles. The van der Waals surface area contributed by atoms with E-state index in [2.05, 4.69) is 16.0 Å². The van der Waals surface area contributed by atoms with Crippen molar-refractivity contribution in [2.45, 2.75) is 143 Å². The Hall–Kier alpha value is -2.31. The maximum absolute atomic E-state index is 12.3. The minimum atomic E-state index is -2.05. The summed E-state index contributed by atoms with van der Waals surface area (Å²) in [6.45, 7) is -0.170. The maximum Gasteiger partial charge on any atom is 0.217 e. The number of ether oxygens (including phenoxy) is 7. The second-order valence-corrected chi connectivity index (χ2v) is 13.3. The minimum absolute atomic E-state index is 0.681. The molecule has 0 aromatic rings. The first-order valence-corrected chi connectivity index (χ1v) is 17.1. The van der Waals surface area contributed by atoms with Crippen LogP contribution in [0.3, 0.4) is 0 Å². The largest absolute Gasteiger partial charge is 0.394 e. The van der Waals surface area contributed by atoms with E-state index in [4.69, 9.17) is 33.2 Å². The SMILES string of the molecule is CC(=O)N[C@@H]1[C@@H](O[C@@H]2O[C@H](CO)[C@H](O[C@@H]3O[C@H](CO)[C@@H](O[C@H]4O[C@H](CO)[C@@H](O)[C@H](O)[C@H]4NC(C)=O)[C@H](O)[C@H]3NC(C)=O)[C@H](O)[C@H]2O)[C@@H](O)[C@@H](CO)O[C@H]1O. The van der Waals surface area contributed by atoms with Crippen molar-refractivity contribution in [2.24, 2.45) is 0 Å². The van der Waals surface area contributed by atoms with Crippen LogP contribution in [0.15, 0.2) is 0 Å². The van der Waals surface area contributed by atoms with Gasteiger partial charge in [-0.2, -0.15) is 0 Å². The van der Waals surface area contributed by atoms with Crippen LogP contribution in [0.5, 0.6) is 0 Å². The van der Waals surface area contributed by atoms with Crippen LogP contribution < -0.4 is 16.0 Å². The topological polar surface area (TPSA) is 374 Å². The van der Waals surface area contributed by atoms with Crippen molar-refractivity contribution < 1.29 is 104 Å². The summed E-state index contributed by atoms with van der Waals surface area (Å²) in [6.07, 6.45) is -29.2. The molecular weight excluding hydrogens is 738 g/mol. The Morgan fingerprint density at radius 2 is 0.833 bits per heavy atom. The lowest BCUT2D eigenvalue weighted by Gasteiger charge is -2.50. The molecule has 54 heavy (non-hydrogen) atoms. The van der Waals surface area contributed by atoms with Crippen molar-refractivity contribution in [3.8, 4) is 0 Å². The average molecular weight is 790 g/mol. The highest BCUT2D eigenvalue weighted by atomic mass is 16.8. The third-order valence-electron chi connectivity index (χ3n) is 9.41. The van der Waals surface area contributed by atoms with Gasteiger partial charge >= 0.3 is 0 Å². The monoisotopic (exact) mass is 789 g/mol. The molecule has 0 radical (unpaired) electrons. The average Bonchev–Trinajstić information content (AvgIpc) is 3.11. The molecule has 20 atom stereocenters. The van der Waals surface area contributed by atoms with Gasteiger partial charge < -0.3 is 105 Å². The molecule has 0 saturated carbocycles. The first-order valence-electron chi connectivity index (χ1n) is 17.1. The van der Waals surface area contributed by atoms with E-state index in [9.17, 15) is 70.6 Å². The molecule has 4 aliphatic rings. The summed E-state index contributed by atoms with van der Waals surface area (Å²) in [5.74, 6) is -2.11. The Morgan fingerprint density at radius 3 is 1.31 bits per heavy atom. The van der Waals surface area contributed by atoms with Crippen LogP contribution in [0.4, 0.5) is 0 Å². The molecule has 24 heteroatoms. The van der Waals surface area contributed by atoms with Gasteiger partial charge in [0.15, 0.2) is 25.2 Å². The van der Waals surface area contributed by atoms with Crippen molar-refractivity contribution in [3.63, 3.8) is 0 Å². The summed E-state index contributed by atoms with van der Waals surface area (Å²) in [5, 5.41) is 123. The molecule has 0 bridgehead atoms. The van der Waals surface area contributed by atoms with E-state index in [1.165, 1.54) is 0 Å². The van der Waals surface area contributed by atoms with Crippen LogP contribution in [-0.2, 0) is 47.5 Å². The molecule has 0 aliphatic carbocycles. The van der Waals surface area contributed by atoms with Crippen molar-refractivity contribution in [1.29, 1.82) is 0 Å². The standard InChI is InChI=1S/C30H51N3O21/c1-8(38)31-15-20(43)18(41)11(4-34)49-28(15)52-24-13(6-36)50-29(16(21(24)44)32-9(2)39)53-25-14(7-37)51-30(23(46)22(25)45)54-26-17(33-10(3)40)27(47)48-12(5-35)19(26)42/h11-30,34-37,41-47H,4-7H2,1-3H3,(H,31,38)(H,32,39)(H,33,40)/t11-,12-,13-,14-,15-,16-,17-,18-,19+,20-,21-,22-,23-,24-,25+,26-,27-,28-,29+,30+/m1/s1. The minimum Gasteiger partial charge on any atom is -0.394 e. The third-order valence-corrected chi connectivity index (χ3v) is 9.41. The fourth-order valence-electron chi connectivity index (χ4n) is 6.76. The predicted octanol–water partition coefficient (Wildman–Crippen LogP) is -9.32. The highest BCUT2D eigenvalue weighted by Gasteiger charge is 2.56. The number of aliphatic hydroxyl groups is 11. The van der Waals surface area contributed by atoms with Crippen LogP contribution in [0.2, 0.25) is 0 Å². The summed E-state index contributed by atoms with van der Waals surface area (Å²) < 4.78 is 39.7. The number of amides is 3. The smallest absolute Gasteiger partial charge is 0.217 e. The Balaban J connectivity index is 1.55. The molecule has 3 amide bonds. The highest BCUT2D eigenvalue weighted by molar-refractivity contribution is 5.74. The molecule has 14 N–H and O–H groups in total. The van der Waals surface area contributed by atoms with Gasteiger partial charge in [-0.25, -0.2) is 0 Å². The Labute approximate surface area is 307 Å². The van der Waals surface area contributed by atoms with Crippen LogP contribution in [0.25, 0.3) is 0 Å².